The lowest BCUT2D eigenvalue weighted by molar-refractivity contribution is 0.0950. The first kappa shape index (κ1) is 23.4. The largest absolute Gasteiger partial charge is 0.346 e. The zero-order valence-corrected chi connectivity index (χ0v) is 19.9. The minimum absolute atomic E-state index is 0.177. The summed E-state index contributed by atoms with van der Waals surface area (Å²) < 4.78 is 26.5. The number of benzene rings is 2. The number of hydrogen-bond donors (Lipinski definition) is 1. The van der Waals surface area contributed by atoms with Crippen LogP contribution in [0.25, 0.3) is 11.3 Å². The van der Waals surface area contributed by atoms with E-state index in [1.165, 1.54) is 39.9 Å². The van der Waals surface area contributed by atoms with Gasteiger partial charge in [0.05, 0.1) is 17.1 Å². The third-order valence-electron chi connectivity index (χ3n) is 4.82. The Balaban J connectivity index is 1.68. The summed E-state index contributed by atoms with van der Waals surface area (Å²) in [5, 5.41) is 4.30. The highest BCUT2D eigenvalue weighted by Gasteiger charge is 2.21. The molecule has 0 aliphatic carbocycles. The third-order valence-corrected chi connectivity index (χ3v) is 8.11. The smallest absolute Gasteiger partial charge is 0.251 e. The van der Waals surface area contributed by atoms with Crippen molar-refractivity contribution < 1.29 is 13.2 Å². The Morgan fingerprint density at radius 2 is 1.68 bits per heavy atom. The molecule has 0 atom stereocenters. The van der Waals surface area contributed by atoms with E-state index in [-0.39, 0.29) is 17.3 Å². The van der Waals surface area contributed by atoms with E-state index in [0.717, 1.165) is 21.1 Å². The molecule has 9 heteroatoms. The number of carbonyl (C=O) groups excluding carboxylic acids is 1. The van der Waals surface area contributed by atoms with Crippen molar-refractivity contribution in [1.29, 1.82) is 0 Å². The summed E-state index contributed by atoms with van der Waals surface area (Å²) in [6, 6.07) is 13.5. The molecule has 0 radical (unpaired) electrons. The SMILES string of the molecule is CCN(CC)S(=O)(=O)c1ccc(C(=O)NCc2nc(-c3ccc(Cl)cc3)c(C)s2)cc1. The Morgan fingerprint density at radius 1 is 1.06 bits per heavy atom. The van der Waals surface area contributed by atoms with Crippen molar-refractivity contribution in [2.45, 2.75) is 32.2 Å². The molecule has 0 fully saturated rings. The molecule has 31 heavy (non-hydrogen) atoms. The molecule has 2 aromatic carbocycles. The molecule has 0 spiro atoms. The van der Waals surface area contributed by atoms with Gasteiger partial charge in [0.1, 0.15) is 5.01 Å². The van der Waals surface area contributed by atoms with Crippen LogP contribution < -0.4 is 5.32 Å². The molecule has 0 aliphatic heterocycles. The van der Waals surface area contributed by atoms with Crippen LogP contribution in [0.15, 0.2) is 53.4 Å². The first-order valence-corrected chi connectivity index (χ1v) is 12.5. The van der Waals surface area contributed by atoms with E-state index in [1.807, 2.05) is 31.2 Å². The van der Waals surface area contributed by atoms with E-state index >= 15 is 0 Å². The van der Waals surface area contributed by atoms with Crippen molar-refractivity contribution >= 4 is 38.9 Å². The fourth-order valence-corrected chi connectivity index (χ4v) is 5.63. The first-order chi connectivity index (χ1) is 14.8. The number of halogens is 1. The van der Waals surface area contributed by atoms with Crippen LogP contribution in [0.5, 0.6) is 0 Å². The second kappa shape index (κ2) is 9.91. The highest BCUT2D eigenvalue weighted by atomic mass is 35.5. The summed E-state index contributed by atoms with van der Waals surface area (Å²) in [4.78, 5) is 18.4. The van der Waals surface area contributed by atoms with E-state index in [0.29, 0.717) is 23.7 Å². The minimum Gasteiger partial charge on any atom is -0.346 e. The maximum Gasteiger partial charge on any atom is 0.251 e. The standard InChI is InChI=1S/C22H24ClN3O3S2/c1-4-26(5-2)31(28,29)19-12-8-17(9-13-19)22(27)24-14-20-25-21(15(3)30-20)16-6-10-18(23)11-7-16/h6-13H,4-5,14H2,1-3H3,(H,24,27). The predicted octanol–water partition coefficient (Wildman–Crippen LogP) is 4.73. The zero-order chi connectivity index (χ0) is 22.6. The number of rotatable bonds is 8. The van der Waals surface area contributed by atoms with E-state index < -0.39 is 10.0 Å². The number of amides is 1. The van der Waals surface area contributed by atoms with Gasteiger partial charge in [-0.3, -0.25) is 4.79 Å². The monoisotopic (exact) mass is 477 g/mol. The molecule has 1 aromatic heterocycles. The molecular formula is C22H24ClN3O3S2. The van der Waals surface area contributed by atoms with Gasteiger partial charge in [-0.1, -0.05) is 37.6 Å². The van der Waals surface area contributed by atoms with Gasteiger partial charge in [-0.25, -0.2) is 13.4 Å². The number of sulfonamides is 1. The lowest BCUT2D eigenvalue weighted by atomic mass is 10.1. The van der Waals surface area contributed by atoms with Crippen molar-refractivity contribution in [3.8, 4) is 11.3 Å². The number of carbonyl (C=O) groups is 1. The minimum atomic E-state index is -3.55. The second-order valence-electron chi connectivity index (χ2n) is 6.82. The maximum absolute atomic E-state index is 12.6. The van der Waals surface area contributed by atoms with Crippen LogP contribution in [0.4, 0.5) is 0 Å². The molecule has 3 rings (SSSR count). The maximum atomic E-state index is 12.6. The molecule has 0 bridgehead atoms. The number of thiazole rings is 1. The fourth-order valence-electron chi connectivity index (χ4n) is 3.15. The topological polar surface area (TPSA) is 79.4 Å². The van der Waals surface area contributed by atoms with Crippen molar-refractivity contribution in [2.24, 2.45) is 0 Å². The van der Waals surface area contributed by atoms with Crippen LogP contribution in [0.2, 0.25) is 5.02 Å². The van der Waals surface area contributed by atoms with E-state index in [4.69, 9.17) is 11.6 Å². The summed E-state index contributed by atoms with van der Waals surface area (Å²) in [7, 11) is -3.55. The van der Waals surface area contributed by atoms with Gasteiger partial charge in [0, 0.05) is 34.1 Å². The van der Waals surface area contributed by atoms with Gasteiger partial charge in [-0.05, 0) is 43.3 Å². The van der Waals surface area contributed by atoms with Crippen molar-refractivity contribution in [3.05, 3.63) is 69.0 Å². The summed E-state index contributed by atoms with van der Waals surface area (Å²) in [5.74, 6) is -0.285. The fraction of sp³-hybridized carbons (Fsp3) is 0.273. The van der Waals surface area contributed by atoms with Gasteiger partial charge >= 0.3 is 0 Å². The van der Waals surface area contributed by atoms with Gasteiger partial charge in [0.15, 0.2) is 0 Å². The van der Waals surface area contributed by atoms with Gasteiger partial charge in [0.25, 0.3) is 5.91 Å². The first-order valence-electron chi connectivity index (χ1n) is 9.87. The molecule has 6 nitrogen and oxygen atoms in total. The molecule has 1 heterocycles. The summed E-state index contributed by atoms with van der Waals surface area (Å²) >= 11 is 7.47. The molecule has 0 saturated carbocycles. The normalized spacial score (nSPS) is 11.6. The lowest BCUT2D eigenvalue weighted by Crippen LogP contribution is -2.30. The molecule has 1 N–H and O–H groups in total. The molecule has 3 aromatic rings. The van der Waals surface area contributed by atoms with Crippen LogP contribution in [-0.2, 0) is 16.6 Å². The summed E-state index contributed by atoms with van der Waals surface area (Å²) in [6.07, 6.45) is 0. The number of hydrogen-bond acceptors (Lipinski definition) is 5. The summed E-state index contributed by atoms with van der Waals surface area (Å²) in [5.41, 5.74) is 2.24. The van der Waals surface area contributed by atoms with Crippen LogP contribution >= 0.6 is 22.9 Å². The van der Waals surface area contributed by atoms with Gasteiger partial charge in [-0.2, -0.15) is 4.31 Å². The summed E-state index contributed by atoms with van der Waals surface area (Å²) in [6.45, 7) is 6.65. The van der Waals surface area contributed by atoms with Crippen molar-refractivity contribution in [1.82, 2.24) is 14.6 Å². The Morgan fingerprint density at radius 3 is 2.26 bits per heavy atom. The Hall–Kier alpha value is -2.26. The highest BCUT2D eigenvalue weighted by Crippen LogP contribution is 2.28. The van der Waals surface area contributed by atoms with E-state index in [9.17, 15) is 13.2 Å². The number of nitrogens with one attached hydrogen (secondary N) is 1. The van der Waals surface area contributed by atoms with E-state index in [1.54, 1.807) is 13.8 Å². The van der Waals surface area contributed by atoms with Gasteiger partial charge in [0.2, 0.25) is 10.0 Å². The number of aromatic nitrogens is 1. The van der Waals surface area contributed by atoms with Crippen LogP contribution in [-0.4, -0.2) is 36.7 Å². The molecule has 1 amide bonds. The van der Waals surface area contributed by atoms with Crippen molar-refractivity contribution in [2.75, 3.05) is 13.1 Å². The van der Waals surface area contributed by atoms with Crippen molar-refractivity contribution in [3.63, 3.8) is 0 Å². The second-order valence-corrected chi connectivity index (χ2v) is 10.5. The Bertz CT molecular complexity index is 1150. The molecular weight excluding hydrogens is 454 g/mol. The predicted molar refractivity (Wildman–Crippen MR) is 125 cm³/mol. The molecule has 0 aliphatic rings. The quantitative estimate of drug-likeness (QED) is 0.508. The Kier molecular flexibility index (Phi) is 7.48. The molecule has 164 valence electrons. The lowest BCUT2D eigenvalue weighted by Gasteiger charge is -2.18. The zero-order valence-electron chi connectivity index (χ0n) is 17.6. The number of aryl methyl sites for hydroxylation is 1. The Labute approximate surface area is 191 Å². The third kappa shape index (κ3) is 5.33. The number of nitrogens with zero attached hydrogens (tertiary/aromatic N) is 2. The van der Waals surface area contributed by atoms with Crippen LogP contribution in [0.1, 0.15) is 34.1 Å². The molecule has 0 unspecified atom stereocenters. The van der Waals surface area contributed by atoms with Crippen LogP contribution in [0.3, 0.4) is 0 Å². The van der Waals surface area contributed by atoms with Gasteiger partial charge < -0.3 is 5.32 Å². The van der Waals surface area contributed by atoms with E-state index in [2.05, 4.69) is 10.3 Å². The van der Waals surface area contributed by atoms with Gasteiger partial charge in [-0.15, -0.1) is 11.3 Å². The average Bonchev–Trinajstić information content (AvgIpc) is 3.14. The van der Waals surface area contributed by atoms with Crippen LogP contribution in [0, 0.1) is 6.92 Å². The average molecular weight is 478 g/mol. The molecule has 0 saturated heterocycles. The highest BCUT2D eigenvalue weighted by molar-refractivity contribution is 7.89.